The van der Waals surface area contributed by atoms with Crippen LogP contribution in [0.4, 0.5) is 22.0 Å². The Labute approximate surface area is 170 Å². The summed E-state index contributed by atoms with van der Waals surface area (Å²) in [5.74, 6) is -3.53. The van der Waals surface area contributed by atoms with Crippen molar-refractivity contribution >= 4 is 21.4 Å². The lowest BCUT2D eigenvalue weighted by Gasteiger charge is -2.14. The fourth-order valence-corrected chi connectivity index (χ4v) is 4.12. The van der Waals surface area contributed by atoms with Gasteiger partial charge in [0.15, 0.2) is 4.90 Å². The van der Waals surface area contributed by atoms with E-state index < -0.39 is 43.5 Å². The van der Waals surface area contributed by atoms with Crippen LogP contribution in [-0.4, -0.2) is 19.3 Å². The van der Waals surface area contributed by atoms with Crippen LogP contribution >= 0.6 is 11.3 Å². The summed E-state index contributed by atoms with van der Waals surface area (Å²) >= 11 is 0.622. The molecule has 0 saturated heterocycles. The number of aromatic nitrogens is 1. The largest absolute Gasteiger partial charge is 0.573 e. The first-order chi connectivity index (χ1) is 13.8. The van der Waals surface area contributed by atoms with Crippen molar-refractivity contribution in [2.24, 2.45) is 5.14 Å². The number of nitrogens with zero attached hydrogens (tertiary/aromatic N) is 1. The molecule has 3 rings (SSSR count). The lowest BCUT2D eigenvalue weighted by atomic mass is 10.1. The zero-order chi connectivity index (χ0) is 22.4. The Kier molecular flexibility index (Phi) is 5.47. The van der Waals surface area contributed by atoms with Gasteiger partial charge in [-0.2, -0.15) is 0 Å². The predicted octanol–water partition coefficient (Wildman–Crippen LogP) is 3.70. The normalized spacial score (nSPS) is 12.2. The smallest absolute Gasteiger partial charge is 0.405 e. The summed E-state index contributed by atoms with van der Waals surface area (Å²) in [5, 5.41) is 6.01. The molecule has 1 heterocycles. The number of aryl methyl sites for hydroxylation is 1. The van der Waals surface area contributed by atoms with E-state index >= 15 is 0 Å². The SMILES string of the molecule is Cc1ccc(-n2c(-c3cc(F)c(S(N)(=O)=O)c(F)c3)csc2=O)cc1OC(F)(F)F. The monoisotopic (exact) mass is 466 g/mol. The molecule has 1 aromatic heterocycles. The van der Waals surface area contributed by atoms with Crippen LogP contribution in [0.3, 0.4) is 0 Å². The van der Waals surface area contributed by atoms with Gasteiger partial charge in [-0.25, -0.2) is 22.3 Å². The minimum Gasteiger partial charge on any atom is -0.405 e. The minimum atomic E-state index is -4.97. The van der Waals surface area contributed by atoms with Crippen molar-refractivity contribution in [1.29, 1.82) is 0 Å². The molecule has 0 amide bonds. The maximum atomic E-state index is 14.2. The number of ether oxygens (including phenoxy) is 1. The molecule has 0 spiro atoms. The van der Waals surface area contributed by atoms with Gasteiger partial charge in [-0.15, -0.1) is 13.2 Å². The van der Waals surface area contributed by atoms with E-state index in [2.05, 4.69) is 4.74 Å². The number of rotatable bonds is 4. The Hall–Kier alpha value is -2.77. The zero-order valence-corrected chi connectivity index (χ0v) is 16.5. The lowest BCUT2D eigenvalue weighted by molar-refractivity contribution is -0.274. The lowest BCUT2D eigenvalue weighted by Crippen LogP contribution is -2.19. The van der Waals surface area contributed by atoms with Gasteiger partial charge in [0.1, 0.15) is 17.4 Å². The molecular weight excluding hydrogens is 455 g/mol. The number of sulfonamides is 1. The molecule has 30 heavy (non-hydrogen) atoms. The molecule has 160 valence electrons. The zero-order valence-electron chi connectivity index (χ0n) is 14.8. The standard InChI is InChI=1S/C17H11F5N2O4S2/c1-8-2-3-10(6-14(8)28-17(20,21)22)24-13(7-29-16(24)25)9-4-11(18)15(12(19)5-9)30(23,26)27/h2-7H,1H3,(H2,23,26,27). The van der Waals surface area contributed by atoms with Gasteiger partial charge in [0.25, 0.3) is 0 Å². The van der Waals surface area contributed by atoms with E-state index in [1.165, 1.54) is 24.4 Å². The Morgan fingerprint density at radius 1 is 1.10 bits per heavy atom. The van der Waals surface area contributed by atoms with E-state index in [1.54, 1.807) is 0 Å². The Balaban J connectivity index is 2.19. The maximum Gasteiger partial charge on any atom is 0.573 e. The number of hydrogen-bond donors (Lipinski definition) is 1. The van der Waals surface area contributed by atoms with Crippen molar-refractivity contribution < 1.29 is 35.1 Å². The van der Waals surface area contributed by atoms with Crippen LogP contribution in [0.1, 0.15) is 5.56 Å². The number of nitrogens with two attached hydrogens (primary N) is 1. The van der Waals surface area contributed by atoms with Gasteiger partial charge < -0.3 is 4.74 Å². The number of thiazole rings is 1. The van der Waals surface area contributed by atoms with Crippen LogP contribution in [0, 0.1) is 18.6 Å². The van der Waals surface area contributed by atoms with E-state index in [1.807, 2.05) is 0 Å². The molecule has 6 nitrogen and oxygen atoms in total. The second kappa shape index (κ2) is 7.49. The topological polar surface area (TPSA) is 91.4 Å². The quantitative estimate of drug-likeness (QED) is 0.594. The number of benzene rings is 2. The van der Waals surface area contributed by atoms with E-state index in [9.17, 15) is 35.2 Å². The summed E-state index contributed by atoms with van der Waals surface area (Å²) < 4.78 is 93.8. The second-order valence-corrected chi connectivity index (χ2v) is 8.35. The van der Waals surface area contributed by atoms with Gasteiger partial charge >= 0.3 is 11.2 Å². The first-order valence-electron chi connectivity index (χ1n) is 7.87. The van der Waals surface area contributed by atoms with Gasteiger partial charge in [-0.05, 0) is 30.7 Å². The maximum absolute atomic E-state index is 14.2. The van der Waals surface area contributed by atoms with Crippen molar-refractivity contribution in [3.63, 3.8) is 0 Å². The number of alkyl halides is 3. The summed E-state index contributed by atoms with van der Waals surface area (Å²) in [4.78, 5) is 10.3. The molecule has 3 aromatic rings. The van der Waals surface area contributed by atoms with Crippen LogP contribution in [0.25, 0.3) is 16.9 Å². The fourth-order valence-electron chi connectivity index (χ4n) is 2.69. The molecule has 0 aliphatic carbocycles. The van der Waals surface area contributed by atoms with Crippen LogP contribution in [0.5, 0.6) is 5.75 Å². The summed E-state index contributed by atoms with van der Waals surface area (Å²) in [5.41, 5.74) is -0.229. The van der Waals surface area contributed by atoms with Crippen molar-refractivity contribution in [3.05, 3.63) is 62.6 Å². The third kappa shape index (κ3) is 4.37. The Morgan fingerprint density at radius 3 is 2.23 bits per heavy atom. The van der Waals surface area contributed by atoms with Crippen LogP contribution in [-0.2, 0) is 10.0 Å². The molecule has 0 unspecified atom stereocenters. The molecule has 0 aliphatic heterocycles. The highest BCUT2D eigenvalue weighted by atomic mass is 32.2. The average Bonchev–Trinajstić information content (AvgIpc) is 2.95. The van der Waals surface area contributed by atoms with E-state index in [0.29, 0.717) is 23.5 Å². The minimum absolute atomic E-state index is 0.0579. The molecule has 0 fully saturated rings. The van der Waals surface area contributed by atoms with E-state index in [-0.39, 0.29) is 22.5 Å². The highest BCUT2D eigenvalue weighted by Gasteiger charge is 2.32. The van der Waals surface area contributed by atoms with Gasteiger partial charge in [0.05, 0.1) is 11.4 Å². The summed E-state index contributed by atoms with van der Waals surface area (Å²) in [7, 11) is -4.69. The van der Waals surface area contributed by atoms with E-state index in [0.717, 1.165) is 10.6 Å². The number of hydrogen-bond acceptors (Lipinski definition) is 5. The van der Waals surface area contributed by atoms with Crippen LogP contribution in [0.15, 0.2) is 45.4 Å². The highest BCUT2D eigenvalue weighted by Crippen LogP contribution is 2.32. The molecule has 13 heteroatoms. The Bertz CT molecular complexity index is 1270. The molecule has 0 aliphatic rings. The van der Waals surface area contributed by atoms with Crippen LogP contribution < -0.4 is 14.7 Å². The highest BCUT2D eigenvalue weighted by molar-refractivity contribution is 7.89. The molecule has 0 bridgehead atoms. The number of primary sulfonamides is 1. The van der Waals surface area contributed by atoms with Gasteiger partial charge in [0, 0.05) is 17.0 Å². The fraction of sp³-hybridized carbons (Fsp3) is 0.118. The molecular formula is C17H11F5N2O4S2. The van der Waals surface area contributed by atoms with Crippen LogP contribution in [0.2, 0.25) is 0 Å². The van der Waals surface area contributed by atoms with Gasteiger partial charge in [-0.3, -0.25) is 9.36 Å². The van der Waals surface area contributed by atoms with Gasteiger partial charge in [-0.1, -0.05) is 17.4 Å². The summed E-state index contributed by atoms with van der Waals surface area (Å²) in [6.45, 7) is 1.36. The average molecular weight is 466 g/mol. The molecule has 0 saturated carbocycles. The molecule has 0 radical (unpaired) electrons. The van der Waals surface area contributed by atoms with Crippen molar-refractivity contribution in [2.45, 2.75) is 18.2 Å². The first kappa shape index (κ1) is 21.9. The van der Waals surface area contributed by atoms with Crippen molar-refractivity contribution in [2.75, 3.05) is 0 Å². The van der Waals surface area contributed by atoms with Crippen molar-refractivity contribution in [1.82, 2.24) is 4.57 Å². The predicted molar refractivity (Wildman–Crippen MR) is 98.1 cm³/mol. The van der Waals surface area contributed by atoms with Crippen molar-refractivity contribution in [3.8, 4) is 22.7 Å². The first-order valence-corrected chi connectivity index (χ1v) is 10.3. The molecule has 0 atom stereocenters. The van der Waals surface area contributed by atoms with E-state index in [4.69, 9.17) is 5.14 Å². The summed E-state index contributed by atoms with van der Waals surface area (Å²) in [6, 6.07) is 4.85. The third-order valence-electron chi connectivity index (χ3n) is 3.93. The molecule has 2 aromatic carbocycles. The van der Waals surface area contributed by atoms with Gasteiger partial charge in [0.2, 0.25) is 10.0 Å². The second-order valence-electron chi connectivity index (χ2n) is 6.03. The number of halogens is 5. The molecule has 2 N–H and O–H groups in total. The third-order valence-corrected chi connectivity index (χ3v) is 5.61. The summed E-state index contributed by atoms with van der Waals surface area (Å²) in [6.07, 6.45) is -4.97. The Morgan fingerprint density at radius 2 is 1.70 bits per heavy atom.